The second-order valence-corrected chi connectivity index (χ2v) is 11.0. The van der Waals surface area contributed by atoms with Crippen molar-refractivity contribution >= 4 is 26.7 Å². The standard InChI is InChI=1S/C21H28F2N4O4S/c1-21(29)7-3-4-17(21)27-16-11-18(24-12-13(16)10-15(19(22)23)20(27)28)25-14-5-8-26(9-6-14)32(2,30)31/h10-12,14,17,19,29H,3-9H2,1-2H3,(H,24,25)/t17-,21?/m1/s1. The van der Waals surface area contributed by atoms with Crippen LogP contribution >= 0.6 is 0 Å². The van der Waals surface area contributed by atoms with Crippen molar-refractivity contribution in [2.24, 2.45) is 0 Å². The lowest BCUT2D eigenvalue weighted by atomic mass is 9.99. The number of halogens is 2. The number of hydrogen-bond acceptors (Lipinski definition) is 6. The van der Waals surface area contributed by atoms with E-state index in [2.05, 4.69) is 10.3 Å². The van der Waals surface area contributed by atoms with Gasteiger partial charge in [0.2, 0.25) is 10.0 Å². The van der Waals surface area contributed by atoms with E-state index in [0.29, 0.717) is 61.9 Å². The van der Waals surface area contributed by atoms with E-state index >= 15 is 0 Å². The third-order valence-corrected chi connectivity index (χ3v) is 7.95. The maximum atomic E-state index is 13.6. The van der Waals surface area contributed by atoms with Crippen LogP contribution in [-0.4, -0.2) is 58.4 Å². The Morgan fingerprint density at radius 2 is 1.94 bits per heavy atom. The van der Waals surface area contributed by atoms with Gasteiger partial charge in [0.25, 0.3) is 12.0 Å². The Bertz CT molecular complexity index is 1170. The number of alkyl halides is 2. The Balaban J connectivity index is 1.70. The zero-order chi connectivity index (χ0) is 23.3. The normalized spacial score (nSPS) is 25.6. The number of pyridine rings is 2. The molecular formula is C21H28F2N4O4S. The van der Waals surface area contributed by atoms with Crippen molar-refractivity contribution in [2.45, 2.75) is 63.1 Å². The molecule has 2 aromatic rings. The summed E-state index contributed by atoms with van der Waals surface area (Å²) >= 11 is 0. The largest absolute Gasteiger partial charge is 0.388 e. The maximum absolute atomic E-state index is 13.6. The van der Waals surface area contributed by atoms with E-state index in [4.69, 9.17) is 0 Å². The zero-order valence-electron chi connectivity index (χ0n) is 18.1. The highest BCUT2D eigenvalue weighted by molar-refractivity contribution is 7.88. The highest BCUT2D eigenvalue weighted by Gasteiger charge is 2.40. The van der Waals surface area contributed by atoms with Crippen molar-refractivity contribution in [1.82, 2.24) is 13.9 Å². The summed E-state index contributed by atoms with van der Waals surface area (Å²) in [6.45, 7) is 2.43. The Morgan fingerprint density at radius 3 is 2.50 bits per heavy atom. The van der Waals surface area contributed by atoms with Gasteiger partial charge in [0.15, 0.2) is 0 Å². The summed E-state index contributed by atoms with van der Waals surface area (Å²) in [7, 11) is -3.23. The molecule has 2 atom stereocenters. The Kier molecular flexibility index (Phi) is 6.01. The molecule has 1 saturated carbocycles. The van der Waals surface area contributed by atoms with E-state index in [0.717, 1.165) is 0 Å². The average Bonchev–Trinajstić information content (AvgIpc) is 3.05. The molecule has 0 aromatic carbocycles. The van der Waals surface area contributed by atoms with Gasteiger partial charge in [0.05, 0.1) is 29.0 Å². The van der Waals surface area contributed by atoms with Gasteiger partial charge in [-0.1, -0.05) is 0 Å². The van der Waals surface area contributed by atoms with Gasteiger partial charge in [-0.15, -0.1) is 0 Å². The Hall–Kier alpha value is -2.11. The van der Waals surface area contributed by atoms with E-state index in [1.807, 2.05) is 0 Å². The fraction of sp³-hybridized carbons (Fsp3) is 0.619. The number of rotatable bonds is 5. The second kappa shape index (κ2) is 8.35. The van der Waals surface area contributed by atoms with Crippen molar-refractivity contribution in [3.63, 3.8) is 0 Å². The van der Waals surface area contributed by atoms with Crippen LogP contribution in [0.1, 0.15) is 57.1 Å². The lowest BCUT2D eigenvalue weighted by Crippen LogP contribution is -2.42. The molecule has 1 unspecified atom stereocenters. The molecule has 0 radical (unpaired) electrons. The van der Waals surface area contributed by atoms with E-state index in [9.17, 15) is 27.1 Å². The van der Waals surface area contributed by atoms with E-state index < -0.39 is 39.2 Å². The molecule has 11 heteroatoms. The van der Waals surface area contributed by atoms with E-state index in [1.165, 1.54) is 27.4 Å². The molecule has 8 nitrogen and oxygen atoms in total. The van der Waals surface area contributed by atoms with Crippen LogP contribution in [0.15, 0.2) is 23.1 Å². The third-order valence-electron chi connectivity index (χ3n) is 6.65. The molecule has 1 aliphatic heterocycles. The molecule has 2 aromatic heterocycles. The van der Waals surface area contributed by atoms with Gasteiger partial charge in [-0.05, 0) is 45.1 Å². The summed E-state index contributed by atoms with van der Waals surface area (Å²) in [6.07, 6.45) is 2.61. The summed E-state index contributed by atoms with van der Waals surface area (Å²) in [5.74, 6) is 0.478. The van der Waals surface area contributed by atoms with Crippen LogP contribution in [0.4, 0.5) is 14.6 Å². The molecule has 2 N–H and O–H groups in total. The minimum absolute atomic E-state index is 0.00644. The monoisotopic (exact) mass is 470 g/mol. The fourth-order valence-corrected chi connectivity index (χ4v) is 5.75. The molecule has 176 valence electrons. The molecule has 1 saturated heterocycles. The second-order valence-electron chi connectivity index (χ2n) is 9.05. The van der Waals surface area contributed by atoms with Crippen molar-refractivity contribution in [2.75, 3.05) is 24.7 Å². The van der Waals surface area contributed by atoms with Crippen molar-refractivity contribution in [3.8, 4) is 0 Å². The van der Waals surface area contributed by atoms with E-state index in [1.54, 1.807) is 13.0 Å². The molecule has 1 aliphatic carbocycles. The molecule has 0 bridgehead atoms. The Labute approximate surface area is 185 Å². The number of nitrogens with zero attached hydrogens (tertiary/aromatic N) is 3. The van der Waals surface area contributed by atoms with Crippen molar-refractivity contribution < 1.29 is 22.3 Å². The first-order chi connectivity index (χ1) is 15.0. The first kappa shape index (κ1) is 23.1. The minimum atomic E-state index is -3.23. The number of hydrogen-bond donors (Lipinski definition) is 2. The number of fused-ring (bicyclic) bond motifs is 1. The first-order valence-electron chi connectivity index (χ1n) is 10.7. The molecule has 3 heterocycles. The van der Waals surface area contributed by atoms with Crippen LogP contribution in [-0.2, 0) is 10.0 Å². The molecule has 0 spiro atoms. The van der Waals surface area contributed by atoms with Gasteiger partial charge in [-0.3, -0.25) is 4.79 Å². The van der Waals surface area contributed by atoms with Gasteiger partial charge in [0.1, 0.15) is 5.82 Å². The molecular weight excluding hydrogens is 442 g/mol. The fourth-order valence-electron chi connectivity index (χ4n) is 4.88. The van der Waals surface area contributed by atoms with Gasteiger partial charge in [-0.25, -0.2) is 26.5 Å². The summed E-state index contributed by atoms with van der Waals surface area (Å²) in [4.78, 5) is 17.3. The highest BCUT2D eigenvalue weighted by Crippen LogP contribution is 2.40. The van der Waals surface area contributed by atoms with Crippen LogP contribution in [0, 0.1) is 0 Å². The summed E-state index contributed by atoms with van der Waals surface area (Å²) in [5, 5.41) is 14.5. The van der Waals surface area contributed by atoms with Crippen LogP contribution < -0.4 is 10.9 Å². The average molecular weight is 471 g/mol. The van der Waals surface area contributed by atoms with Crippen LogP contribution in [0.5, 0.6) is 0 Å². The van der Waals surface area contributed by atoms with E-state index in [-0.39, 0.29) is 6.04 Å². The third kappa shape index (κ3) is 4.38. The van der Waals surface area contributed by atoms with Gasteiger partial charge in [0, 0.05) is 36.8 Å². The molecule has 0 amide bonds. The van der Waals surface area contributed by atoms with Crippen molar-refractivity contribution in [1.29, 1.82) is 0 Å². The SMILES string of the molecule is CC1(O)CCC[C@H]1n1c(=O)c(C(F)F)cc2cnc(NC3CCN(S(C)(=O)=O)CC3)cc21. The smallest absolute Gasteiger partial charge is 0.269 e. The van der Waals surface area contributed by atoms with Gasteiger partial charge >= 0.3 is 0 Å². The number of nitrogens with one attached hydrogen (secondary N) is 1. The zero-order valence-corrected chi connectivity index (χ0v) is 18.9. The van der Waals surface area contributed by atoms with Gasteiger partial charge < -0.3 is 15.0 Å². The number of sulfonamides is 1. The lowest BCUT2D eigenvalue weighted by Gasteiger charge is -2.31. The summed E-state index contributed by atoms with van der Waals surface area (Å²) in [5.41, 5.74) is -2.13. The minimum Gasteiger partial charge on any atom is -0.388 e. The van der Waals surface area contributed by atoms with Crippen molar-refractivity contribution in [3.05, 3.63) is 34.2 Å². The number of piperidine rings is 1. The van der Waals surface area contributed by atoms with Gasteiger partial charge in [-0.2, -0.15) is 0 Å². The molecule has 2 aliphatic rings. The summed E-state index contributed by atoms with van der Waals surface area (Å²) < 4.78 is 53.3. The quantitative estimate of drug-likeness (QED) is 0.696. The maximum Gasteiger partial charge on any atom is 0.269 e. The van der Waals surface area contributed by atoms with Crippen LogP contribution in [0.25, 0.3) is 10.9 Å². The summed E-state index contributed by atoms with van der Waals surface area (Å²) in [6, 6.07) is 2.21. The number of anilines is 1. The first-order valence-corrected chi connectivity index (χ1v) is 12.6. The highest BCUT2D eigenvalue weighted by atomic mass is 32.2. The Morgan fingerprint density at radius 1 is 1.25 bits per heavy atom. The number of aliphatic hydroxyl groups is 1. The molecule has 2 fully saturated rings. The predicted octanol–water partition coefficient (Wildman–Crippen LogP) is 2.65. The van der Waals surface area contributed by atoms with Crippen LogP contribution in [0.3, 0.4) is 0 Å². The number of aromatic nitrogens is 2. The molecule has 32 heavy (non-hydrogen) atoms. The van der Waals surface area contributed by atoms with Crippen LogP contribution in [0.2, 0.25) is 0 Å². The topological polar surface area (TPSA) is 105 Å². The lowest BCUT2D eigenvalue weighted by molar-refractivity contribution is 0.0263. The molecule has 4 rings (SSSR count). The predicted molar refractivity (Wildman–Crippen MR) is 118 cm³/mol.